The van der Waals surface area contributed by atoms with Crippen molar-refractivity contribution >= 4 is 0 Å². The highest BCUT2D eigenvalue weighted by Gasteiger charge is 2.70. The third-order valence-electron chi connectivity index (χ3n) is 7.91. The van der Waals surface area contributed by atoms with E-state index in [1.807, 2.05) is 11.8 Å². The number of hydrogen-bond donors (Lipinski definition) is 6. The topological polar surface area (TPSA) is 111 Å². The van der Waals surface area contributed by atoms with Gasteiger partial charge in [-0.1, -0.05) is 37.3 Å². The third kappa shape index (κ3) is 5.94. The standard InChI is InChI=1S/C25H44N4O4/c1-16-14-21(28(18(16)3)13-9-12-20-10-7-6-8-11-20)15-17(2)29(19(4)27-26-5)23-22(24(30)31)25(23,32)33/h6-8,10-11,16-19,21-24,26-27,30-33H,9,12-15H2,1-5H3. The van der Waals surface area contributed by atoms with Crippen LogP contribution in [0.3, 0.4) is 0 Å². The molecule has 1 aliphatic heterocycles. The van der Waals surface area contributed by atoms with Gasteiger partial charge in [0, 0.05) is 18.1 Å². The molecule has 0 amide bonds. The number of aliphatic hydroxyl groups excluding tert-OH is 1. The number of hydrazine groups is 1. The van der Waals surface area contributed by atoms with Crippen LogP contribution in [-0.4, -0.2) is 86.2 Å². The molecule has 3 rings (SSSR count). The van der Waals surface area contributed by atoms with Gasteiger partial charge in [-0.25, -0.2) is 5.43 Å². The summed E-state index contributed by atoms with van der Waals surface area (Å²) in [5.41, 5.74) is 7.42. The van der Waals surface area contributed by atoms with Crippen LogP contribution in [0.2, 0.25) is 0 Å². The fourth-order valence-corrected chi connectivity index (χ4v) is 6.00. The Bertz CT molecular complexity index is 734. The lowest BCUT2D eigenvalue weighted by Crippen LogP contribution is -2.55. The fourth-order valence-electron chi connectivity index (χ4n) is 6.00. The van der Waals surface area contributed by atoms with Crippen molar-refractivity contribution in [1.82, 2.24) is 20.7 Å². The molecule has 6 N–H and O–H groups in total. The van der Waals surface area contributed by atoms with E-state index in [1.54, 1.807) is 7.05 Å². The molecule has 8 nitrogen and oxygen atoms in total. The summed E-state index contributed by atoms with van der Waals surface area (Å²) in [4.78, 5) is 4.60. The smallest absolute Gasteiger partial charge is 0.188 e. The van der Waals surface area contributed by atoms with E-state index in [2.05, 4.69) is 66.9 Å². The molecule has 1 aromatic rings. The van der Waals surface area contributed by atoms with Crippen molar-refractivity contribution in [2.45, 2.75) is 95.8 Å². The van der Waals surface area contributed by atoms with Gasteiger partial charge in [-0.05, 0) is 71.5 Å². The highest BCUT2D eigenvalue weighted by atomic mass is 16.5. The number of aryl methyl sites for hydroxylation is 1. The van der Waals surface area contributed by atoms with Crippen LogP contribution < -0.4 is 10.9 Å². The van der Waals surface area contributed by atoms with E-state index in [4.69, 9.17) is 0 Å². The van der Waals surface area contributed by atoms with E-state index in [0.29, 0.717) is 18.0 Å². The molecule has 2 aliphatic rings. The summed E-state index contributed by atoms with van der Waals surface area (Å²) < 4.78 is 0. The minimum absolute atomic E-state index is 0.00685. The summed E-state index contributed by atoms with van der Waals surface area (Å²) >= 11 is 0. The minimum atomic E-state index is -2.11. The molecule has 33 heavy (non-hydrogen) atoms. The van der Waals surface area contributed by atoms with E-state index in [-0.39, 0.29) is 12.2 Å². The van der Waals surface area contributed by atoms with E-state index in [0.717, 1.165) is 32.2 Å². The summed E-state index contributed by atoms with van der Waals surface area (Å²) in [5, 5.41) is 40.2. The third-order valence-corrected chi connectivity index (χ3v) is 7.91. The second-order valence-corrected chi connectivity index (χ2v) is 10.2. The minimum Gasteiger partial charge on any atom is -0.368 e. The molecule has 2 fully saturated rings. The van der Waals surface area contributed by atoms with Gasteiger partial charge in [-0.15, -0.1) is 0 Å². The molecule has 7 atom stereocenters. The van der Waals surface area contributed by atoms with Gasteiger partial charge in [-0.2, -0.15) is 0 Å². The van der Waals surface area contributed by atoms with Crippen LogP contribution in [0.5, 0.6) is 0 Å². The normalized spacial score (nSPS) is 31.3. The number of aliphatic hydroxyl groups is 4. The molecule has 8 heteroatoms. The maximum absolute atomic E-state index is 10.4. The first-order valence-electron chi connectivity index (χ1n) is 12.4. The molecule has 1 saturated heterocycles. The van der Waals surface area contributed by atoms with E-state index >= 15 is 0 Å². The van der Waals surface area contributed by atoms with Gasteiger partial charge in [0.1, 0.15) is 0 Å². The van der Waals surface area contributed by atoms with Gasteiger partial charge < -0.3 is 20.4 Å². The Labute approximate surface area is 198 Å². The SMILES string of the molecule is CNNC(C)N(C(C)CC1CC(C)C(C)N1CCCc1ccccc1)C1C(C(O)O)C1(O)O. The Morgan fingerprint density at radius 1 is 1.15 bits per heavy atom. The second-order valence-electron chi connectivity index (χ2n) is 10.2. The van der Waals surface area contributed by atoms with E-state index in [9.17, 15) is 20.4 Å². The van der Waals surface area contributed by atoms with Gasteiger partial charge >= 0.3 is 0 Å². The van der Waals surface area contributed by atoms with Crippen LogP contribution in [0.4, 0.5) is 0 Å². The summed E-state index contributed by atoms with van der Waals surface area (Å²) in [6.07, 6.45) is 2.15. The van der Waals surface area contributed by atoms with Gasteiger partial charge in [0.25, 0.3) is 0 Å². The van der Waals surface area contributed by atoms with Crippen molar-refractivity contribution in [3.63, 3.8) is 0 Å². The zero-order valence-corrected chi connectivity index (χ0v) is 20.7. The molecular formula is C25H44N4O4. The fraction of sp³-hybridized carbons (Fsp3) is 0.760. The Balaban J connectivity index is 1.68. The summed E-state index contributed by atoms with van der Waals surface area (Å²) in [6, 6.07) is 10.8. The van der Waals surface area contributed by atoms with Crippen molar-refractivity contribution in [3.05, 3.63) is 35.9 Å². The molecule has 1 saturated carbocycles. The lowest BCUT2D eigenvalue weighted by atomic mass is 9.99. The number of likely N-dealkylation sites (tertiary alicyclic amines) is 1. The number of rotatable bonds is 12. The second kappa shape index (κ2) is 11.1. The first-order chi connectivity index (χ1) is 15.6. The summed E-state index contributed by atoms with van der Waals surface area (Å²) in [7, 11) is 1.77. The quantitative estimate of drug-likeness (QED) is 0.200. The van der Waals surface area contributed by atoms with E-state index in [1.165, 1.54) is 5.56 Å². The number of nitrogens with zero attached hydrogens (tertiary/aromatic N) is 2. The molecule has 0 aromatic heterocycles. The van der Waals surface area contributed by atoms with Crippen LogP contribution >= 0.6 is 0 Å². The van der Waals surface area contributed by atoms with Gasteiger partial charge in [0.05, 0.1) is 18.1 Å². The molecule has 0 radical (unpaired) electrons. The molecule has 0 bridgehead atoms. The average Bonchev–Trinajstić information content (AvgIpc) is 3.22. The van der Waals surface area contributed by atoms with Crippen molar-refractivity contribution < 1.29 is 20.4 Å². The van der Waals surface area contributed by atoms with Crippen LogP contribution in [0.1, 0.15) is 52.5 Å². The molecule has 7 unspecified atom stereocenters. The van der Waals surface area contributed by atoms with Crippen molar-refractivity contribution in [1.29, 1.82) is 0 Å². The Kier molecular flexibility index (Phi) is 8.91. The summed E-state index contributed by atoms with van der Waals surface area (Å²) in [6.45, 7) is 9.70. The predicted octanol–water partition coefficient (Wildman–Crippen LogP) is 0.859. The first kappa shape index (κ1) is 26.5. The lowest BCUT2D eigenvalue weighted by Gasteiger charge is -2.38. The zero-order valence-electron chi connectivity index (χ0n) is 20.7. The Hall–Kier alpha value is -1.10. The molecule has 188 valence electrons. The molecule has 1 aromatic carbocycles. The molecular weight excluding hydrogens is 420 g/mol. The Morgan fingerprint density at radius 3 is 2.39 bits per heavy atom. The highest BCUT2D eigenvalue weighted by Crippen LogP contribution is 2.49. The Morgan fingerprint density at radius 2 is 1.82 bits per heavy atom. The van der Waals surface area contributed by atoms with Crippen LogP contribution in [0.25, 0.3) is 0 Å². The van der Waals surface area contributed by atoms with Crippen LogP contribution in [0.15, 0.2) is 30.3 Å². The largest absolute Gasteiger partial charge is 0.368 e. The lowest BCUT2D eigenvalue weighted by molar-refractivity contribution is -0.141. The summed E-state index contributed by atoms with van der Waals surface area (Å²) in [5.74, 6) is -2.52. The maximum Gasteiger partial charge on any atom is 0.188 e. The zero-order chi connectivity index (χ0) is 24.3. The highest BCUT2D eigenvalue weighted by molar-refractivity contribution is 5.15. The first-order valence-corrected chi connectivity index (χ1v) is 12.4. The van der Waals surface area contributed by atoms with Crippen molar-refractivity contribution in [2.75, 3.05) is 13.6 Å². The van der Waals surface area contributed by atoms with Crippen LogP contribution in [-0.2, 0) is 6.42 Å². The van der Waals surface area contributed by atoms with Gasteiger partial charge in [0.15, 0.2) is 12.1 Å². The number of hydrogen-bond acceptors (Lipinski definition) is 8. The molecule has 1 heterocycles. The molecule has 1 aliphatic carbocycles. The van der Waals surface area contributed by atoms with Crippen molar-refractivity contribution in [2.24, 2.45) is 11.8 Å². The monoisotopic (exact) mass is 464 g/mol. The predicted molar refractivity (Wildman–Crippen MR) is 129 cm³/mol. The van der Waals surface area contributed by atoms with Crippen molar-refractivity contribution in [3.8, 4) is 0 Å². The average molecular weight is 465 g/mol. The molecule has 0 spiro atoms. The van der Waals surface area contributed by atoms with Gasteiger partial charge in [0.2, 0.25) is 0 Å². The van der Waals surface area contributed by atoms with Gasteiger partial charge in [-0.3, -0.25) is 15.2 Å². The van der Waals surface area contributed by atoms with E-state index < -0.39 is 24.0 Å². The number of benzene rings is 1. The maximum atomic E-state index is 10.4. The van der Waals surface area contributed by atoms with Crippen LogP contribution in [0, 0.1) is 11.8 Å². The number of nitrogens with one attached hydrogen (secondary N) is 2.